The lowest BCUT2D eigenvalue weighted by atomic mass is 10.0. The van der Waals surface area contributed by atoms with Crippen molar-refractivity contribution in [1.29, 1.82) is 0 Å². The summed E-state index contributed by atoms with van der Waals surface area (Å²) < 4.78 is 5.36. The Morgan fingerprint density at radius 1 is 1.58 bits per heavy atom. The topological polar surface area (TPSA) is 72.6 Å². The van der Waals surface area contributed by atoms with E-state index in [1.165, 1.54) is 16.7 Å². The molecule has 1 saturated heterocycles. The van der Waals surface area contributed by atoms with E-state index < -0.39 is 17.6 Å². The van der Waals surface area contributed by atoms with Crippen LogP contribution in [0.25, 0.3) is 0 Å². The third-order valence-electron chi connectivity index (χ3n) is 2.88. The van der Waals surface area contributed by atoms with Crippen molar-refractivity contribution >= 4 is 23.6 Å². The quantitative estimate of drug-likeness (QED) is 0.604. The molecule has 2 aliphatic rings. The number of β-lactam (4-membered cyclic amide) rings is 1. The average molecular weight is 282 g/mol. The second-order valence-electron chi connectivity index (χ2n) is 5.52. The van der Waals surface area contributed by atoms with E-state index in [1.807, 2.05) is 0 Å². The number of nitrogens with two attached hydrogens (primary N) is 1. The fourth-order valence-corrected chi connectivity index (χ4v) is 3.30. The Kier molecular flexibility index (Phi) is 3.49. The molecule has 0 radical (unpaired) electrons. The maximum atomic E-state index is 12.3. The van der Waals surface area contributed by atoms with Crippen LogP contribution in [0.15, 0.2) is 23.9 Å². The molecule has 0 aromatic heterocycles. The zero-order chi connectivity index (χ0) is 14.4. The van der Waals surface area contributed by atoms with Crippen molar-refractivity contribution in [3.05, 3.63) is 23.9 Å². The highest BCUT2D eigenvalue weighted by molar-refractivity contribution is 8.00. The number of nitrogens with zero attached hydrogens (tertiary/aromatic N) is 1. The van der Waals surface area contributed by atoms with E-state index >= 15 is 0 Å². The van der Waals surface area contributed by atoms with Gasteiger partial charge in [-0.05, 0) is 26.3 Å². The van der Waals surface area contributed by atoms with Crippen LogP contribution < -0.4 is 5.73 Å². The summed E-state index contributed by atoms with van der Waals surface area (Å²) in [4.78, 5) is 25.5. The maximum Gasteiger partial charge on any atom is 0.355 e. The van der Waals surface area contributed by atoms with Gasteiger partial charge in [-0.25, -0.2) is 4.79 Å². The van der Waals surface area contributed by atoms with Crippen molar-refractivity contribution in [3.63, 3.8) is 0 Å². The third kappa shape index (κ3) is 2.42. The molecular weight excluding hydrogens is 264 g/mol. The van der Waals surface area contributed by atoms with Crippen LogP contribution in [0.1, 0.15) is 20.8 Å². The molecule has 0 aliphatic carbocycles. The molecule has 2 heterocycles. The summed E-state index contributed by atoms with van der Waals surface area (Å²) in [6.45, 7) is 9.06. The summed E-state index contributed by atoms with van der Waals surface area (Å²) in [6, 6.07) is -0.534. The van der Waals surface area contributed by atoms with Crippen molar-refractivity contribution in [1.82, 2.24) is 4.90 Å². The highest BCUT2D eigenvalue weighted by atomic mass is 32.2. The Labute approximate surface area is 116 Å². The van der Waals surface area contributed by atoms with Crippen molar-refractivity contribution in [2.75, 3.05) is 5.75 Å². The summed E-state index contributed by atoms with van der Waals surface area (Å²) in [5.41, 5.74) is 6.15. The van der Waals surface area contributed by atoms with E-state index in [0.29, 0.717) is 11.4 Å². The second-order valence-corrected chi connectivity index (χ2v) is 6.62. The standard InChI is InChI=1S/C13H18N2O3S/c1-5-7-6-19-11-8(14)10(16)15(11)9(7)12(17)18-13(2,3)4/h5,8,11H,1,6,14H2,2-4H3. The van der Waals surface area contributed by atoms with E-state index in [9.17, 15) is 9.59 Å². The van der Waals surface area contributed by atoms with Gasteiger partial charge in [-0.3, -0.25) is 9.69 Å². The molecule has 0 spiro atoms. The van der Waals surface area contributed by atoms with Crippen molar-refractivity contribution < 1.29 is 14.3 Å². The number of thioether (sulfide) groups is 1. The van der Waals surface area contributed by atoms with Crippen molar-refractivity contribution in [2.45, 2.75) is 37.8 Å². The Morgan fingerprint density at radius 3 is 2.74 bits per heavy atom. The van der Waals surface area contributed by atoms with Crippen LogP contribution in [0.5, 0.6) is 0 Å². The van der Waals surface area contributed by atoms with Crippen LogP contribution in [0.4, 0.5) is 0 Å². The normalized spacial score (nSPS) is 26.7. The first-order valence-corrected chi connectivity index (χ1v) is 7.10. The van der Waals surface area contributed by atoms with Crippen LogP contribution in [-0.2, 0) is 14.3 Å². The molecule has 6 heteroatoms. The number of hydrogen-bond acceptors (Lipinski definition) is 5. The van der Waals surface area contributed by atoms with Gasteiger partial charge in [0, 0.05) is 5.75 Å². The predicted molar refractivity (Wildman–Crippen MR) is 74.1 cm³/mol. The van der Waals surface area contributed by atoms with E-state index in [2.05, 4.69) is 6.58 Å². The molecule has 19 heavy (non-hydrogen) atoms. The lowest BCUT2D eigenvalue weighted by Gasteiger charge is -2.48. The number of esters is 1. The fraction of sp³-hybridized carbons (Fsp3) is 0.538. The zero-order valence-electron chi connectivity index (χ0n) is 11.3. The van der Waals surface area contributed by atoms with Gasteiger partial charge in [0.1, 0.15) is 22.7 Å². The molecule has 2 unspecified atom stereocenters. The summed E-state index contributed by atoms with van der Waals surface area (Å²) in [5.74, 6) is -0.120. The highest BCUT2D eigenvalue weighted by Crippen LogP contribution is 2.40. The Morgan fingerprint density at radius 2 is 2.21 bits per heavy atom. The summed E-state index contributed by atoms with van der Waals surface area (Å²) in [5, 5.41) is -0.168. The zero-order valence-corrected chi connectivity index (χ0v) is 12.1. The Bertz CT molecular complexity index is 479. The van der Waals surface area contributed by atoms with Gasteiger partial charge in [0.25, 0.3) is 0 Å². The number of carbonyl (C=O) groups excluding carboxylic acids is 2. The summed E-state index contributed by atoms with van der Waals surface area (Å²) in [7, 11) is 0. The van der Waals surface area contributed by atoms with Crippen molar-refractivity contribution in [3.8, 4) is 0 Å². The molecule has 2 atom stereocenters. The van der Waals surface area contributed by atoms with Crippen LogP contribution >= 0.6 is 11.8 Å². The average Bonchev–Trinajstić information content (AvgIpc) is 2.33. The molecule has 2 N–H and O–H groups in total. The molecule has 2 aliphatic heterocycles. The van der Waals surface area contributed by atoms with E-state index in [4.69, 9.17) is 10.5 Å². The molecule has 1 fully saturated rings. The number of hydrogen-bond donors (Lipinski definition) is 1. The van der Waals surface area contributed by atoms with E-state index in [0.717, 1.165) is 5.57 Å². The third-order valence-corrected chi connectivity index (χ3v) is 4.20. The maximum absolute atomic E-state index is 12.3. The number of rotatable bonds is 2. The van der Waals surface area contributed by atoms with Gasteiger partial charge in [0.05, 0.1) is 0 Å². The molecule has 104 valence electrons. The largest absolute Gasteiger partial charge is 0.455 e. The molecule has 2 rings (SSSR count). The molecular formula is C13H18N2O3S. The van der Waals surface area contributed by atoms with Crippen LogP contribution in [0, 0.1) is 0 Å². The molecule has 0 saturated carbocycles. The van der Waals surface area contributed by atoms with Gasteiger partial charge >= 0.3 is 5.97 Å². The first kappa shape index (κ1) is 14.1. The van der Waals surface area contributed by atoms with Gasteiger partial charge in [-0.1, -0.05) is 12.7 Å². The lowest BCUT2D eigenvalue weighted by molar-refractivity contribution is -0.157. The van der Waals surface area contributed by atoms with Gasteiger partial charge in [-0.15, -0.1) is 11.8 Å². The molecule has 0 aromatic carbocycles. The molecule has 5 nitrogen and oxygen atoms in total. The van der Waals surface area contributed by atoms with Crippen molar-refractivity contribution in [2.24, 2.45) is 5.73 Å². The van der Waals surface area contributed by atoms with E-state index in [-0.39, 0.29) is 11.3 Å². The number of carbonyl (C=O) groups is 2. The van der Waals surface area contributed by atoms with Gasteiger partial charge < -0.3 is 10.5 Å². The first-order valence-electron chi connectivity index (χ1n) is 6.05. The number of fused-ring (bicyclic) bond motifs is 1. The minimum absolute atomic E-state index is 0.168. The number of allylic oxidation sites excluding steroid dienone is 1. The first-order chi connectivity index (χ1) is 8.76. The number of ether oxygens (including phenoxy) is 1. The second kappa shape index (κ2) is 4.68. The monoisotopic (exact) mass is 282 g/mol. The molecule has 0 bridgehead atoms. The van der Waals surface area contributed by atoms with Gasteiger partial charge in [0.15, 0.2) is 0 Å². The predicted octanol–water partition coefficient (Wildman–Crippen LogP) is 1.01. The summed E-state index contributed by atoms with van der Waals surface area (Å²) in [6.07, 6.45) is 1.60. The Balaban J connectivity index is 2.33. The van der Waals surface area contributed by atoms with Crippen LogP contribution in [-0.4, -0.2) is 39.5 Å². The SMILES string of the molecule is C=CC1=C(C(=O)OC(C)(C)C)N2C(=O)C(N)C2SC1. The Hall–Kier alpha value is -1.27. The van der Waals surface area contributed by atoms with E-state index in [1.54, 1.807) is 26.8 Å². The van der Waals surface area contributed by atoms with Crippen LogP contribution in [0.2, 0.25) is 0 Å². The molecule has 0 aromatic rings. The van der Waals surface area contributed by atoms with Gasteiger partial charge in [0.2, 0.25) is 5.91 Å². The minimum atomic E-state index is -0.605. The highest BCUT2D eigenvalue weighted by Gasteiger charge is 2.52. The minimum Gasteiger partial charge on any atom is -0.455 e. The summed E-state index contributed by atoms with van der Waals surface area (Å²) >= 11 is 1.54. The smallest absolute Gasteiger partial charge is 0.355 e. The fourth-order valence-electron chi connectivity index (χ4n) is 2.01. The lowest BCUT2D eigenvalue weighted by Crippen LogP contribution is -2.68. The van der Waals surface area contributed by atoms with Crippen LogP contribution in [0.3, 0.4) is 0 Å². The molecule has 1 amide bonds. The van der Waals surface area contributed by atoms with Gasteiger partial charge in [-0.2, -0.15) is 0 Å². The number of amides is 1.